The number of rotatable bonds is 11. The van der Waals surface area contributed by atoms with E-state index in [0.717, 1.165) is 31.6 Å². The minimum atomic E-state index is 0.553. The second-order valence-corrected chi connectivity index (χ2v) is 5.39. The van der Waals surface area contributed by atoms with Gasteiger partial charge in [0.25, 0.3) is 0 Å². The number of aliphatic imine (C=N–C) groups is 1. The Morgan fingerprint density at radius 2 is 1.90 bits per heavy atom. The summed E-state index contributed by atoms with van der Waals surface area (Å²) in [4.78, 5) is 8.62. The Kier molecular flexibility index (Phi) is 10.1. The van der Waals surface area contributed by atoms with Crippen LogP contribution in [0, 0.1) is 0 Å². The van der Waals surface area contributed by atoms with Gasteiger partial charge in [-0.25, -0.2) is 0 Å². The fourth-order valence-electron chi connectivity index (χ4n) is 2.19. The van der Waals surface area contributed by atoms with Crippen LogP contribution in [0.25, 0.3) is 0 Å². The molecule has 4 nitrogen and oxygen atoms in total. The first-order valence-corrected chi connectivity index (χ1v) is 8.26. The van der Waals surface area contributed by atoms with Gasteiger partial charge in [-0.15, -0.1) is 0 Å². The van der Waals surface area contributed by atoms with E-state index in [1.807, 2.05) is 24.4 Å². The first kappa shape index (κ1) is 17.5. The summed E-state index contributed by atoms with van der Waals surface area (Å²) in [7, 11) is 0. The van der Waals surface area contributed by atoms with Crippen LogP contribution in [-0.2, 0) is 6.42 Å². The zero-order chi connectivity index (χ0) is 15.2. The van der Waals surface area contributed by atoms with Gasteiger partial charge in [-0.1, -0.05) is 51.5 Å². The maximum absolute atomic E-state index is 5.84. The summed E-state index contributed by atoms with van der Waals surface area (Å²) in [6.07, 6.45) is 11.8. The smallest absolute Gasteiger partial charge is 0.188 e. The van der Waals surface area contributed by atoms with Gasteiger partial charge in [-0.2, -0.15) is 0 Å². The van der Waals surface area contributed by atoms with E-state index < -0.39 is 0 Å². The van der Waals surface area contributed by atoms with E-state index >= 15 is 0 Å². The molecule has 0 radical (unpaired) electrons. The van der Waals surface area contributed by atoms with Crippen molar-refractivity contribution in [3.05, 3.63) is 30.1 Å². The van der Waals surface area contributed by atoms with E-state index in [1.54, 1.807) is 0 Å². The quantitative estimate of drug-likeness (QED) is 0.373. The van der Waals surface area contributed by atoms with Crippen LogP contribution >= 0.6 is 0 Å². The van der Waals surface area contributed by atoms with Crippen molar-refractivity contribution in [1.29, 1.82) is 0 Å². The molecule has 3 N–H and O–H groups in total. The molecule has 0 spiro atoms. The van der Waals surface area contributed by atoms with Crippen molar-refractivity contribution < 1.29 is 0 Å². The van der Waals surface area contributed by atoms with Crippen molar-refractivity contribution >= 4 is 5.96 Å². The maximum Gasteiger partial charge on any atom is 0.188 e. The van der Waals surface area contributed by atoms with E-state index in [2.05, 4.69) is 22.2 Å². The highest BCUT2D eigenvalue weighted by Gasteiger charge is 1.95. The molecule has 0 aliphatic rings. The zero-order valence-corrected chi connectivity index (χ0v) is 13.4. The summed E-state index contributed by atoms with van der Waals surface area (Å²) >= 11 is 0. The molecule has 4 heteroatoms. The number of unbranched alkanes of at least 4 members (excludes halogenated alkanes) is 6. The van der Waals surface area contributed by atoms with Gasteiger partial charge in [0.2, 0.25) is 0 Å². The molecule has 0 saturated carbocycles. The van der Waals surface area contributed by atoms with Crippen LogP contribution in [0.3, 0.4) is 0 Å². The lowest BCUT2D eigenvalue weighted by Crippen LogP contribution is -2.33. The zero-order valence-electron chi connectivity index (χ0n) is 13.4. The largest absolute Gasteiger partial charge is 0.370 e. The van der Waals surface area contributed by atoms with Gasteiger partial charge in [-0.05, 0) is 18.6 Å². The molecule has 0 aliphatic heterocycles. The van der Waals surface area contributed by atoms with Crippen LogP contribution in [0.2, 0.25) is 0 Å². The van der Waals surface area contributed by atoms with Crippen molar-refractivity contribution in [3.8, 4) is 0 Å². The van der Waals surface area contributed by atoms with Crippen molar-refractivity contribution in [2.75, 3.05) is 13.1 Å². The lowest BCUT2D eigenvalue weighted by Gasteiger charge is -2.05. The molecule has 21 heavy (non-hydrogen) atoms. The summed E-state index contributed by atoms with van der Waals surface area (Å²) in [5, 5.41) is 3.14. The van der Waals surface area contributed by atoms with Gasteiger partial charge in [0, 0.05) is 31.4 Å². The molecule has 0 saturated heterocycles. The van der Waals surface area contributed by atoms with Gasteiger partial charge in [0.05, 0.1) is 0 Å². The van der Waals surface area contributed by atoms with Gasteiger partial charge in [0.1, 0.15) is 0 Å². The molecular weight excluding hydrogens is 260 g/mol. The van der Waals surface area contributed by atoms with E-state index in [0.29, 0.717) is 5.96 Å². The summed E-state index contributed by atoms with van der Waals surface area (Å²) in [5.74, 6) is 0.553. The van der Waals surface area contributed by atoms with E-state index in [1.165, 1.54) is 38.5 Å². The SMILES string of the molecule is CCCCCCCCCN=C(N)NCCc1ccccn1. The molecule has 1 heterocycles. The third-order valence-electron chi connectivity index (χ3n) is 3.46. The second kappa shape index (κ2) is 12.2. The minimum Gasteiger partial charge on any atom is -0.370 e. The third-order valence-corrected chi connectivity index (χ3v) is 3.46. The molecule has 118 valence electrons. The second-order valence-electron chi connectivity index (χ2n) is 5.39. The highest BCUT2D eigenvalue weighted by Crippen LogP contribution is 2.06. The molecule has 0 fully saturated rings. The molecule has 0 aliphatic carbocycles. The molecule has 0 unspecified atom stereocenters. The Hall–Kier alpha value is -1.58. The number of hydrogen-bond acceptors (Lipinski definition) is 2. The number of nitrogens with zero attached hydrogens (tertiary/aromatic N) is 2. The summed E-state index contributed by atoms with van der Waals surface area (Å²) in [6, 6.07) is 5.95. The Bertz CT molecular complexity index is 376. The Morgan fingerprint density at radius 1 is 1.14 bits per heavy atom. The van der Waals surface area contributed by atoms with Crippen LogP contribution in [0.15, 0.2) is 29.4 Å². The van der Waals surface area contributed by atoms with Gasteiger partial charge >= 0.3 is 0 Å². The molecule has 0 aromatic carbocycles. The number of pyridine rings is 1. The molecule has 0 atom stereocenters. The predicted octanol–water partition coefficient (Wildman–Crippen LogP) is 3.28. The van der Waals surface area contributed by atoms with Crippen LogP contribution in [0.1, 0.15) is 57.6 Å². The molecule has 1 aromatic rings. The van der Waals surface area contributed by atoms with Crippen LogP contribution < -0.4 is 11.1 Å². The predicted molar refractivity (Wildman–Crippen MR) is 90.4 cm³/mol. The van der Waals surface area contributed by atoms with Crippen LogP contribution in [0.4, 0.5) is 0 Å². The van der Waals surface area contributed by atoms with E-state index in [9.17, 15) is 0 Å². The number of aromatic nitrogens is 1. The highest BCUT2D eigenvalue weighted by atomic mass is 15.1. The average Bonchev–Trinajstić information content (AvgIpc) is 2.51. The van der Waals surface area contributed by atoms with Gasteiger partial charge in [-0.3, -0.25) is 9.98 Å². The molecule has 0 amide bonds. The molecule has 1 aromatic heterocycles. The summed E-state index contributed by atoms with van der Waals surface area (Å²) in [5.41, 5.74) is 6.91. The number of hydrogen-bond donors (Lipinski definition) is 2. The summed E-state index contributed by atoms with van der Waals surface area (Å²) in [6.45, 7) is 3.86. The van der Waals surface area contributed by atoms with Crippen molar-refractivity contribution in [2.45, 2.75) is 58.3 Å². The van der Waals surface area contributed by atoms with E-state index in [-0.39, 0.29) is 0 Å². The minimum absolute atomic E-state index is 0.553. The van der Waals surface area contributed by atoms with Crippen molar-refractivity contribution in [3.63, 3.8) is 0 Å². The molecule has 0 bridgehead atoms. The van der Waals surface area contributed by atoms with Gasteiger partial charge in [0.15, 0.2) is 5.96 Å². The monoisotopic (exact) mass is 290 g/mol. The topological polar surface area (TPSA) is 63.3 Å². The first-order valence-electron chi connectivity index (χ1n) is 8.26. The summed E-state index contributed by atoms with van der Waals surface area (Å²) < 4.78 is 0. The Morgan fingerprint density at radius 3 is 2.62 bits per heavy atom. The van der Waals surface area contributed by atoms with Gasteiger partial charge < -0.3 is 11.1 Å². The Labute approximate surface area is 129 Å². The highest BCUT2D eigenvalue weighted by molar-refractivity contribution is 5.77. The number of guanidine groups is 1. The Balaban J connectivity index is 1.98. The van der Waals surface area contributed by atoms with Crippen LogP contribution in [-0.4, -0.2) is 24.0 Å². The van der Waals surface area contributed by atoms with Crippen molar-refractivity contribution in [2.24, 2.45) is 10.7 Å². The fraction of sp³-hybridized carbons (Fsp3) is 0.647. The average molecular weight is 290 g/mol. The number of nitrogens with one attached hydrogen (secondary N) is 1. The third kappa shape index (κ3) is 9.88. The van der Waals surface area contributed by atoms with Crippen molar-refractivity contribution in [1.82, 2.24) is 10.3 Å². The first-order chi connectivity index (χ1) is 10.3. The normalized spacial score (nSPS) is 11.6. The fourth-order valence-corrected chi connectivity index (χ4v) is 2.19. The van der Waals surface area contributed by atoms with Crippen LogP contribution in [0.5, 0.6) is 0 Å². The standard InChI is InChI=1S/C17H30N4/c1-2-3-4-5-6-7-9-14-20-17(18)21-15-12-16-11-8-10-13-19-16/h8,10-11,13H,2-7,9,12,14-15H2,1H3,(H3,18,20,21). The lowest BCUT2D eigenvalue weighted by atomic mass is 10.1. The van der Waals surface area contributed by atoms with E-state index in [4.69, 9.17) is 5.73 Å². The number of nitrogens with two attached hydrogens (primary N) is 1. The maximum atomic E-state index is 5.84. The lowest BCUT2D eigenvalue weighted by molar-refractivity contribution is 0.592. The molecular formula is C17H30N4. The molecule has 1 rings (SSSR count).